The van der Waals surface area contributed by atoms with E-state index in [0.717, 1.165) is 21.2 Å². The predicted octanol–water partition coefficient (Wildman–Crippen LogP) is 4.52. The number of halogens is 1. The summed E-state index contributed by atoms with van der Waals surface area (Å²) >= 11 is 3.39. The first-order valence-electron chi connectivity index (χ1n) is 10.4. The van der Waals surface area contributed by atoms with Crippen LogP contribution in [-0.2, 0) is 22.6 Å². The molecule has 3 aromatic rings. The van der Waals surface area contributed by atoms with Crippen LogP contribution in [-0.4, -0.2) is 36.4 Å². The van der Waals surface area contributed by atoms with Crippen molar-refractivity contribution in [3.8, 4) is 5.75 Å². The third kappa shape index (κ3) is 6.69. The molecular weight excluding hydrogens is 468 g/mol. The average molecular weight is 495 g/mol. The Hall–Kier alpha value is -3.12. The smallest absolute Gasteiger partial charge is 0.261 e. The predicted molar refractivity (Wildman–Crippen MR) is 129 cm³/mol. The number of aryl methyl sites for hydroxylation is 1. The molecule has 0 saturated heterocycles. The molecule has 0 aliphatic heterocycles. The van der Waals surface area contributed by atoms with Crippen LogP contribution in [0.25, 0.3) is 0 Å². The quantitative estimate of drug-likeness (QED) is 0.475. The number of benzene rings is 3. The van der Waals surface area contributed by atoms with Crippen LogP contribution in [0.5, 0.6) is 5.75 Å². The van der Waals surface area contributed by atoms with Crippen LogP contribution in [0.4, 0.5) is 0 Å². The molecule has 2 amide bonds. The van der Waals surface area contributed by atoms with Crippen LogP contribution in [0.1, 0.15) is 16.7 Å². The number of carbonyl (C=O) groups is 2. The summed E-state index contributed by atoms with van der Waals surface area (Å²) in [5, 5.41) is 2.72. The molecule has 166 valence electrons. The summed E-state index contributed by atoms with van der Waals surface area (Å²) in [4.78, 5) is 27.8. The van der Waals surface area contributed by atoms with Crippen LogP contribution in [0.15, 0.2) is 83.3 Å². The average Bonchev–Trinajstić information content (AvgIpc) is 2.82. The van der Waals surface area contributed by atoms with E-state index in [4.69, 9.17) is 4.74 Å². The number of rotatable bonds is 9. The van der Waals surface area contributed by atoms with Crippen molar-refractivity contribution < 1.29 is 14.3 Å². The highest BCUT2D eigenvalue weighted by Gasteiger charge is 2.30. The number of hydrogen-bond donors (Lipinski definition) is 1. The third-order valence-electron chi connectivity index (χ3n) is 5.17. The Morgan fingerprint density at radius 3 is 2.22 bits per heavy atom. The summed E-state index contributed by atoms with van der Waals surface area (Å²) < 4.78 is 6.66. The van der Waals surface area contributed by atoms with E-state index in [9.17, 15) is 9.59 Å². The van der Waals surface area contributed by atoms with Gasteiger partial charge in [-0.2, -0.15) is 0 Å². The molecule has 5 nitrogen and oxygen atoms in total. The van der Waals surface area contributed by atoms with Gasteiger partial charge in [-0.25, -0.2) is 0 Å². The summed E-state index contributed by atoms with van der Waals surface area (Å²) in [6, 6.07) is 24.3. The highest BCUT2D eigenvalue weighted by Crippen LogP contribution is 2.18. The second-order valence-corrected chi connectivity index (χ2v) is 8.49. The fraction of sp³-hybridized carbons (Fsp3) is 0.231. The zero-order valence-electron chi connectivity index (χ0n) is 18.3. The Bertz CT molecular complexity index is 1020. The van der Waals surface area contributed by atoms with E-state index in [2.05, 4.69) is 21.2 Å². The number of carbonyl (C=O) groups excluding carboxylic acids is 2. The van der Waals surface area contributed by atoms with Gasteiger partial charge < -0.3 is 15.0 Å². The van der Waals surface area contributed by atoms with E-state index in [-0.39, 0.29) is 18.4 Å². The Balaban J connectivity index is 1.85. The van der Waals surface area contributed by atoms with Gasteiger partial charge in [-0.15, -0.1) is 0 Å². The molecule has 0 aliphatic rings. The largest absolute Gasteiger partial charge is 0.484 e. The monoisotopic (exact) mass is 494 g/mol. The first kappa shape index (κ1) is 23.5. The summed E-state index contributed by atoms with van der Waals surface area (Å²) in [6.07, 6.45) is 0.413. The number of ether oxygens (including phenoxy) is 1. The zero-order chi connectivity index (χ0) is 22.9. The lowest BCUT2D eigenvalue weighted by molar-refractivity contribution is -0.142. The lowest BCUT2D eigenvalue weighted by Gasteiger charge is -2.31. The highest BCUT2D eigenvalue weighted by atomic mass is 79.9. The first-order chi connectivity index (χ1) is 15.5. The van der Waals surface area contributed by atoms with Crippen LogP contribution in [0.2, 0.25) is 0 Å². The standard InChI is InChI=1S/C26H27BrN2O3/c1-19-8-10-21(11-9-19)17-29(25(30)18-32-23-14-12-22(27)13-15-23)24(26(31)28-2)16-20-6-4-3-5-7-20/h3-15,24H,16-18H2,1-2H3,(H,28,31)/t24-/m0/s1. The summed E-state index contributed by atoms with van der Waals surface area (Å²) in [7, 11) is 1.59. The van der Waals surface area contributed by atoms with E-state index in [1.165, 1.54) is 0 Å². The summed E-state index contributed by atoms with van der Waals surface area (Å²) in [5.41, 5.74) is 3.07. The molecule has 0 spiro atoms. The second-order valence-electron chi connectivity index (χ2n) is 7.57. The maximum atomic E-state index is 13.3. The van der Waals surface area contributed by atoms with Crippen molar-refractivity contribution >= 4 is 27.7 Å². The van der Waals surface area contributed by atoms with E-state index < -0.39 is 6.04 Å². The van der Waals surface area contributed by atoms with E-state index >= 15 is 0 Å². The molecule has 6 heteroatoms. The SMILES string of the molecule is CNC(=O)[C@H](Cc1ccccc1)N(Cc1ccc(C)cc1)C(=O)COc1ccc(Br)cc1. The molecule has 1 atom stereocenters. The molecule has 1 N–H and O–H groups in total. The third-order valence-corrected chi connectivity index (χ3v) is 5.70. The molecule has 0 aromatic heterocycles. The Labute approximate surface area is 197 Å². The van der Waals surface area contributed by atoms with Gasteiger partial charge in [-0.1, -0.05) is 76.1 Å². The van der Waals surface area contributed by atoms with Gasteiger partial charge in [0.05, 0.1) is 0 Å². The number of hydrogen-bond acceptors (Lipinski definition) is 3. The van der Waals surface area contributed by atoms with E-state index in [1.807, 2.05) is 73.7 Å². The molecule has 0 saturated carbocycles. The van der Waals surface area contributed by atoms with Crippen molar-refractivity contribution in [1.82, 2.24) is 10.2 Å². The van der Waals surface area contributed by atoms with Gasteiger partial charge in [-0.05, 0) is 42.3 Å². The van der Waals surface area contributed by atoms with Crippen LogP contribution < -0.4 is 10.1 Å². The maximum absolute atomic E-state index is 13.3. The second kappa shape index (κ2) is 11.5. The zero-order valence-corrected chi connectivity index (χ0v) is 19.8. The topological polar surface area (TPSA) is 58.6 Å². The lowest BCUT2D eigenvalue weighted by Crippen LogP contribution is -2.51. The Kier molecular flexibility index (Phi) is 8.45. The van der Waals surface area contributed by atoms with Crippen molar-refractivity contribution in [2.75, 3.05) is 13.7 Å². The van der Waals surface area contributed by atoms with Gasteiger partial charge >= 0.3 is 0 Å². The molecule has 0 heterocycles. The summed E-state index contributed by atoms with van der Waals surface area (Å²) in [5.74, 6) is 0.132. The van der Waals surface area contributed by atoms with Crippen LogP contribution in [0, 0.1) is 6.92 Å². The van der Waals surface area contributed by atoms with Crippen LogP contribution in [0.3, 0.4) is 0 Å². The Morgan fingerprint density at radius 2 is 1.59 bits per heavy atom. The molecule has 0 aliphatic carbocycles. The fourth-order valence-electron chi connectivity index (χ4n) is 3.37. The molecule has 3 aromatic carbocycles. The molecule has 3 rings (SSSR count). The normalized spacial score (nSPS) is 11.5. The molecule has 0 unspecified atom stereocenters. The van der Waals surface area contributed by atoms with E-state index in [1.54, 1.807) is 24.1 Å². The molecular formula is C26H27BrN2O3. The molecule has 32 heavy (non-hydrogen) atoms. The fourth-order valence-corrected chi connectivity index (χ4v) is 3.63. The van der Waals surface area contributed by atoms with Crippen molar-refractivity contribution in [1.29, 1.82) is 0 Å². The van der Waals surface area contributed by atoms with Crippen LogP contribution >= 0.6 is 15.9 Å². The Morgan fingerprint density at radius 1 is 0.938 bits per heavy atom. The molecule has 0 radical (unpaired) electrons. The van der Waals surface area contributed by atoms with Gasteiger partial charge in [0.25, 0.3) is 5.91 Å². The highest BCUT2D eigenvalue weighted by molar-refractivity contribution is 9.10. The van der Waals surface area contributed by atoms with Gasteiger partial charge in [-0.3, -0.25) is 9.59 Å². The molecule has 0 fully saturated rings. The van der Waals surface area contributed by atoms with Gasteiger partial charge in [0, 0.05) is 24.5 Å². The number of amides is 2. The van der Waals surface area contributed by atoms with Crippen molar-refractivity contribution in [2.24, 2.45) is 0 Å². The minimum atomic E-state index is -0.662. The van der Waals surface area contributed by atoms with Crippen molar-refractivity contribution in [3.63, 3.8) is 0 Å². The first-order valence-corrected chi connectivity index (χ1v) is 11.2. The maximum Gasteiger partial charge on any atom is 0.261 e. The van der Waals surface area contributed by atoms with Gasteiger partial charge in [0.1, 0.15) is 11.8 Å². The van der Waals surface area contributed by atoms with Crippen molar-refractivity contribution in [2.45, 2.75) is 25.9 Å². The minimum absolute atomic E-state index is 0.157. The summed E-state index contributed by atoms with van der Waals surface area (Å²) in [6.45, 7) is 2.17. The minimum Gasteiger partial charge on any atom is -0.484 e. The number of nitrogens with zero attached hydrogens (tertiary/aromatic N) is 1. The van der Waals surface area contributed by atoms with E-state index in [0.29, 0.717) is 18.7 Å². The van der Waals surface area contributed by atoms with Gasteiger partial charge in [0.2, 0.25) is 5.91 Å². The molecule has 0 bridgehead atoms. The number of nitrogens with one attached hydrogen (secondary N) is 1. The lowest BCUT2D eigenvalue weighted by atomic mass is 10.0. The number of likely N-dealkylation sites (N-methyl/N-ethyl adjacent to an activating group) is 1. The van der Waals surface area contributed by atoms with Crippen molar-refractivity contribution in [3.05, 3.63) is 100 Å². The van der Waals surface area contributed by atoms with Gasteiger partial charge in [0.15, 0.2) is 6.61 Å².